The topological polar surface area (TPSA) is 21.3 Å². The summed E-state index contributed by atoms with van der Waals surface area (Å²) in [4.78, 5) is 0. The molecule has 0 aliphatic heterocycles. The number of nitrogens with one attached hydrogen (secondary N) is 1. The fourth-order valence-corrected chi connectivity index (χ4v) is 3.54. The Morgan fingerprint density at radius 1 is 1.24 bits per heavy atom. The van der Waals surface area contributed by atoms with E-state index in [9.17, 15) is 0 Å². The minimum Gasteiger partial charge on any atom is -0.383 e. The van der Waals surface area contributed by atoms with E-state index in [1.165, 1.54) is 19.3 Å². The molecule has 0 aromatic heterocycles. The van der Waals surface area contributed by atoms with Gasteiger partial charge in [0.1, 0.15) is 0 Å². The maximum Gasteiger partial charge on any atom is 0.0642 e. The van der Waals surface area contributed by atoms with Crippen molar-refractivity contribution in [1.82, 2.24) is 0 Å². The van der Waals surface area contributed by atoms with Crippen LogP contribution in [-0.4, -0.2) is 19.3 Å². The summed E-state index contributed by atoms with van der Waals surface area (Å²) in [6, 6.07) is 8.29. The van der Waals surface area contributed by atoms with Crippen LogP contribution in [0.1, 0.15) is 40.0 Å². The molecule has 118 valence electrons. The molecule has 21 heavy (non-hydrogen) atoms. The molecule has 0 radical (unpaired) electrons. The normalized spacial score (nSPS) is 26.0. The fraction of sp³-hybridized carbons (Fsp3) is 0.667. The minimum absolute atomic E-state index is 0.445. The van der Waals surface area contributed by atoms with Gasteiger partial charge in [-0.25, -0.2) is 0 Å². The van der Waals surface area contributed by atoms with Crippen molar-refractivity contribution in [2.24, 2.45) is 17.8 Å². The van der Waals surface area contributed by atoms with Crippen molar-refractivity contribution in [3.8, 4) is 0 Å². The van der Waals surface area contributed by atoms with Crippen LogP contribution in [0.5, 0.6) is 0 Å². The zero-order chi connectivity index (χ0) is 15.2. The number of hydrogen-bond donors (Lipinski definition) is 1. The van der Waals surface area contributed by atoms with Gasteiger partial charge in [-0.15, -0.1) is 0 Å². The SMILES string of the molecule is CC1CCC(C(C)C)C(OCCNc2ccc(Br)cc2)C1. The number of halogens is 1. The van der Waals surface area contributed by atoms with Gasteiger partial charge in [0.15, 0.2) is 0 Å². The molecule has 1 N–H and O–H groups in total. The summed E-state index contributed by atoms with van der Waals surface area (Å²) >= 11 is 3.45. The van der Waals surface area contributed by atoms with Gasteiger partial charge in [-0.1, -0.05) is 43.1 Å². The molecular formula is C18H28BrNO. The van der Waals surface area contributed by atoms with Crippen LogP contribution in [0.15, 0.2) is 28.7 Å². The first-order valence-electron chi connectivity index (χ1n) is 8.17. The second-order valence-electron chi connectivity index (χ2n) is 6.67. The highest BCUT2D eigenvalue weighted by atomic mass is 79.9. The van der Waals surface area contributed by atoms with E-state index in [0.717, 1.165) is 41.1 Å². The third-order valence-corrected chi connectivity index (χ3v) is 5.10. The molecule has 3 heteroatoms. The van der Waals surface area contributed by atoms with Gasteiger partial charge >= 0.3 is 0 Å². The highest BCUT2D eigenvalue weighted by molar-refractivity contribution is 9.10. The predicted molar refractivity (Wildman–Crippen MR) is 93.7 cm³/mol. The van der Waals surface area contributed by atoms with E-state index < -0.39 is 0 Å². The summed E-state index contributed by atoms with van der Waals surface area (Å²) in [5.74, 6) is 2.26. The molecule has 1 aliphatic carbocycles. The van der Waals surface area contributed by atoms with Crippen molar-refractivity contribution in [2.75, 3.05) is 18.5 Å². The first-order chi connectivity index (χ1) is 10.1. The van der Waals surface area contributed by atoms with E-state index in [1.807, 2.05) is 0 Å². The van der Waals surface area contributed by atoms with E-state index in [0.29, 0.717) is 6.10 Å². The maximum atomic E-state index is 6.20. The van der Waals surface area contributed by atoms with Gasteiger partial charge in [0.2, 0.25) is 0 Å². The molecule has 3 atom stereocenters. The summed E-state index contributed by atoms with van der Waals surface area (Å²) in [5, 5.41) is 3.42. The smallest absolute Gasteiger partial charge is 0.0642 e. The first kappa shape index (κ1) is 16.8. The van der Waals surface area contributed by atoms with Crippen molar-refractivity contribution in [1.29, 1.82) is 0 Å². The Labute approximate surface area is 137 Å². The lowest BCUT2D eigenvalue weighted by Crippen LogP contribution is -2.35. The molecule has 1 aromatic carbocycles. The van der Waals surface area contributed by atoms with Crippen LogP contribution in [0.25, 0.3) is 0 Å². The monoisotopic (exact) mass is 353 g/mol. The first-order valence-corrected chi connectivity index (χ1v) is 8.96. The zero-order valence-corrected chi connectivity index (χ0v) is 15.0. The van der Waals surface area contributed by atoms with Gasteiger partial charge in [-0.2, -0.15) is 0 Å². The summed E-state index contributed by atoms with van der Waals surface area (Å²) in [6.45, 7) is 8.68. The van der Waals surface area contributed by atoms with Crippen molar-refractivity contribution in [3.05, 3.63) is 28.7 Å². The molecule has 0 amide bonds. The van der Waals surface area contributed by atoms with E-state index in [4.69, 9.17) is 4.74 Å². The van der Waals surface area contributed by atoms with Gasteiger partial charge in [-0.3, -0.25) is 0 Å². The largest absolute Gasteiger partial charge is 0.383 e. The average molecular weight is 354 g/mol. The lowest BCUT2D eigenvalue weighted by atomic mass is 9.75. The molecule has 0 bridgehead atoms. The summed E-state index contributed by atoms with van der Waals surface area (Å²) in [6.07, 6.45) is 4.35. The van der Waals surface area contributed by atoms with E-state index in [-0.39, 0.29) is 0 Å². The van der Waals surface area contributed by atoms with Crippen molar-refractivity contribution in [2.45, 2.75) is 46.1 Å². The highest BCUT2D eigenvalue weighted by Crippen LogP contribution is 2.35. The summed E-state index contributed by atoms with van der Waals surface area (Å²) < 4.78 is 7.31. The van der Waals surface area contributed by atoms with Crippen molar-refractivity contribution < 1.29 is 4.74 Å². The molecule has 1 aliphatic rings. The Bertz CT molecular complexity index is 418. The van der Waals surface area contributed by atoms with E-state index in [2.05, 4.69) is 66.3 Å². The number of rotatable bonds is 6. The lowest BCUT2D eigenvalue weighted by molar-refractivity contribution is -0.0340. The van der Waals surface area contributed by atoms with Crippen LogP contribution in [0.2, 0.25) is 0 Å². The summed E-state index contributed by atoms with van der Waals surface area (Å²) in [7, 11) is 0. The second-order valence-corrected chi connectivity index (χ2v) is 7.58. The number of anilines is 1. The van der Waals surface area contributed by atoms with E-state index in [1.54, 1.807) is 0 Å². The molecule has 0 spiro atoms. The molecule has 1 saturated carbocycles. The van der Waals surface area contributed by atoms with Crippen molar-refractivity contribution in [3.63, 3.8) is 0 Å². The average Bonchev–Trinajstić information content (AvgIpc) is 2.45. The maximum absolute atomic E-state index is 6.20. The standard InChI is InChI=1S/C18H28BrNO/c1-13(2)17-9-4-14(3)12-18(17)21-11-10-20-16-7-5-15(19)6-8-16/h5-8,13-14,17-18,20H,4,9-12H2,1-3H3. The Kier molecular flexibility index (Phi) is 6.56. The molecular weight excluding hydrogens is 326 g/mol. The lowest BCUT2D eigenvalue weighted by Gasteiger charge is -2.37. The number of hydrogen-bond acceptors (Lipinski definition) is 2. The quantitative estimate of drug-likeness (QED) is 0.697. The molecule has 1 fully saturated rings. The van der Waals surface area contributed by atoms with Crippen LogP contribution < -0.4 is 5.32 Å². The fourth-order valence-electron chi connectivity index (χ4n) is 3.28. The Morgan fingerprint density at radius 3 is 2.62 bits per heavy atom. The third kappa shape index (κ3) is 5.30. The van der Waals surface area contributed by atoms with Crippen LogP contribution >= 0.6 is 15.9 Å². The molecule has 1 aromatic rings. The molecule has 3 unspecified atom stereocenters. The highest BCUT2D eigenvalue weighted by Gasteiger charge is 2.31. The summed E-state index contributed by atoms with van der Waals surface area (Å²) in [5.41, 5.74) is 1.15. The second kappa shape index (κ2) is 8.19. The Hall–Kier alpha value is -0.540. The molecule has 2 rings (SSSR count). The molecule has 0 saturated heterocycles. The van der Waals surface area contributed by atoms with Crippen LogP contribution in [-0.2, 0) is 4.74 Å². The van der Waals surface area contributed by atoms with Crippen LogP contribution in [0.4, 0.5) is 5.69 Å². The van der Waals surface area contributed by atoms with Gasteiger partial charge < -0.3 is 10.1 Å². The zero-order valence-electron chi connectivity index (χ0n) is 13.4. The Morgan fingerprint density at radius 2 is 1.95 bits per heavy atom. The minimum atomic E-state index is 0.445. The Balaban J connectivity index is 1.74. The van der Waals surface area contributed by atoms with Crippen LogP contribution in [0.3, 0.4) is 0 Å². The van der Waals surface area contributed by atoms with Gasteiger partial charge in [0, 0.05) is 16.7 Å². The number of ether oxygens (including phenoxy) is 1. The van der Waals surface area contributed by atoms with E-state index >= 15 is 0 Å². The number of benzene rings is 1. The van der Waals surface area contributed by atoms with Gasteiger partial charge in [0.25, 0.3) is 0 Å². The van der Waals surface area contributed by atoms with Gasteiger partial charge in [0.05, 0.1) is 12.7 Å². The molecule has 0 heterocycles. The van der Waals surface area contributed by atoms with Crippen molar-refractivity contribution >= 4 is 21.6 Å². The van der Waals surface area contributed by atoms with Gasteiger partial charge in [-0.05, 0) is 54.9 Å². The van der Waals surface area contributed by atoms with Crippen LogP contribution in [0, 0.1) is 17.8 Å². The third-order valence-electron chi connectivity index (χ3n) is 4.57. The predicted octanol–water partition coefficient (Wildman–Crippen LogP) is 5.34. The molecule has 2 nitrogen and oxygen atoms in total.